The molecule has 0 aliphatic carbocycles. The molecule has 4 rings (SSSR count). The lowest BCUT2D eigenvalue weighted by atomic mass is 10.1. The van der Waals surface area contributed by atoms with E-state index in [-0.39, 0.29) is 18.0 Å². The minimum absolute atomic E-state index is 0.0383. The second-order valence-corrected chi connectivity index (χ2v) is 11.2. The van der Waals surface area contributed by atoms with Gasteiger partial charge in [0.05, 0.1) is 12.9 Å². The van der Waals surface area contributed by atoms with E-state index in [1.54, 1.807) is 6.92 Å². The lowest BCUT2D eigenvalue weighted by Crippen LogP contribution is -2.31. The molecule has 2 aliphatic rings. The van der Waals surface area contributed by atoms with Crippen LogP contribution in [0.1, 0.15) is 12.1 Å². The van der Waals surface area contributed by atoms with Crippen molar-refractivity contribution >= 4 is 34.6 Å². The van der Waals surface area contributed by atoms with Gasteiger partial charge in [0.1, 0.15) is 30.9 Å². The van der Waals surface area contributed by atoms with Gasteiger partial charge in [0.15, 0.2) is 17.4 Å². The Balaban J connectivity index is 1.50. The van der Waals surface area contributed by atoms with Crippen LogP contribution in [0.5, 0.6) is 0 Å². The summed E-state index contributed by atoms with van der Waals surface area (Å²) in [6, 6.07) is 0. The fourth-order valence-corrected chi connectivity index (χ4v) is 6.36. The number of hydrogen-bond donors (Lipinski definition) is 5. The first kappa shape index (κ1) is 24.8. The number of nitrogens with zero attached hydrogens (tertiary/aromatic N) is 3. The Morgan fingerprint density at radius 3 is 2.55 bits per heavy atom. The Morgan fingerprint density at radius 2 is 1.85 bits per heavy atom. The second kappa shape index (κ2) is 8.70. The fourth-order valence-electron chi connectivity index (χ4n) is 3.33. The van der Waals surface area contributed by atoms with Crippen LogP contribution in [0.2, 0.25) is 0 Å². The molecule has 4 heterocycles. The maximum Gasteiger partial charge on any atom is 0.490 e. The van der Waals surface area contributed by atoms with Gasteiger partial charge in [0.25, 0.3) is 5.56 Å². The maximum absolute atomic E-state index is 12.1. The van der Waals surface area contributed by atoms with Crippen LogP contribution in [0.4, 0.5) is 0 Å². The molecule has 0 radical (unpaired) electrons. The van der Waals surface area contributed by atoms with Crippen molar-refractivity contribution in [1.82, 2.24) is 19.5 Å². The molecule has 184 valence electrons. The van der Waals surface area contributed by atoms with Crippen molar-refractivity contribution in [2.24, 2.45) is 0 Å². The summed E-state index contributed by atoms with van der Waals surface area (Å²) in [7, 11) is -16.5. The third-order valence-corrected chi connectivity index (χ3v) is 8.25. The van der Waals surface area contributed by atoms with Gasteiger partial charge in [-0.15, -0.1) is 0 Å². The highest BCUT2D eigenvalue weighted by Gasteiger charge is 2.52. The monoisotopic (exact) mass is 534 g/mol. The third kappa shape index (κ3) is 5.49. The molecule has 5 N–H and O–H groups in total. The molecule has 0 aromatic carbocycles. The molecule has 2 aromatic heterocycles. The summed E-state index contributed by atoms with van der Waals surface area (Å²) in [5, 5.41) is 0. The van der Waals surface area contributed by atoms with Crippen LogP contribution in [0.3, 0.4) is 0 Å². The van der Waals surface area contributed by atoms with E-state index in [1.807, 2.05) is 0 Å². The van der Waals surface area contributed by atoms with E-state index in [4.69, 9.17) is 24.0 Å². The van der Waals surface area contributed by atoms with Crippen LogP contribution in [0.25, 0.3) is 11.2 Å². The second-order valence-electron chi connectivity index (χ2n) is 6.81. The SMILES string of the molecule is Cc1nc2c(ncn2[C@@H]2O[C@H](COP(=O)(O)OP(=O)(O)OP(=O)(O)O)C3OCO[C@@H]32)c(=O)[nH]1. The first-order valence-corrected chi connectivity index (χ1v) is 13.4. The number of aromatic amines is 1. The zero-order valence-electron chi connectivity index (χ0n) is 16.4. The number of phosphoric acid groups is 3. The molecule has 18 nitrogen and oxygen atoms in total. The Kier molecular flexibility index (Phi) is 6.52. The quantitative estimate of drug-likeness (QED) is 0.265. The van der Waals surface area contributed by atoms with E-state index < -0.39 is 60.2 Å². The first-order chi connectivity index (χ1) is 15.2. The Labute approximate surface area is 182 Å². The maximum atomic E-state index is 12.1. The topological polar surface area (TPSA) is 251 Å². The van der Waals surface area contributed by atoms with Gasteiger partial charge in [-0.3, -0.25) is 13.9 Å². The highest BCUT2D eigenvalue weighted by molar-refractivity contribution is 7.66. The van der Waals surface area contributed by atoms with Crippen LogP contribution in [0.15, 0.2) is 11.1 Å². The lowest BCUT2D eigenvalue weighted by Gasteiger charge is -2.20. The average molecular weight is 534 g/mol. The number of fused-ring (bicyclic) bond motifs is 2. The van der Waals surface area contributed by atoms with Crippen molar-refractivity contribution in [3.63, 3.8) is 0 Å². The van der Waals surface area contributed by atoms with Crippen molar-refractivity contribution in [3.8, 4) is 0 Å². The molecule has 33 heavy (non-hydrogen) atoms. The fraction of sp³-hybridized carbons (Fsp3) is 0.583. The van der Waals surface area contributed by atoms with Gasteiger partial charge in [-0.25, -0.2) is 23.7 Å². The summed E-state index contributed by atoms with van der Waals surface area (Å²) in [6.07, 6.45) is -2.32. The van der Waals surface area contributed by atoms with Crippen molar-refractivity contribution in [1.29, 1.82) is 0 Å². The molecule has 0 bridgehead atoms. The lowest BCUT2D eigenvalue weighted by molar-refractivity contribution is -0.107. The minimum Gasteiger partial charge on any atom is -0.347 e. The molecular weight excluding hydrogens is 517 g/mol. The molecule has 0 spiro atoms. The summed E-state index contributed by atoms with van der Waals surface area (Å²) < 4.78 is 64.2. The van der Waals surface area contributed by atoms with Crippen molar-refractivity contribution in [3.05, 3.63) is 22.5 Å². The molecule has 0 saturated carbocycles. The van der Waals surface area contributed by atoms with Crippen molar-refractivity contribution in [2.45, 2.75) is 31.5 Å². The zero-order valence-corrected chi connectivity index (χ0v) is 19.0. The van der Waals surface area contributed by atoms with E-state index in [0.29, 0.717) is 5.82 Å². The van der Waals surface area contributed by atoms with E-state index in [1.165, 1.54) is 10.9 Å². The number of H-pyrrole nitrogens is 1. The van der Waals surface area contributed by atoms with E-state index in [2.05, 4.69) is 28.1 Å². The van der Waals surface area contributed by atoms with Gasteiger partial charge >= 0.3 is 23.5 Å². The molecule has 3 unspecified atom stereocenters. The van der Waals surface area contributed by atoms with Crippen molar-refractivity contribution < 1.29 is 60.6 Å². The summed E-state index contributed by atoms with van der Waals surface area (Å²) in [6.45, 7) is 0.683. The minimum atomic E-state index is -5.66. The molecule has 6 atom stereocenters. The highest BCUT2D eigenvalue weighted by atomic mass is 31.3. The Bertz CT molecular complexity index is 1260. The van der Waals surface area contributed by atoms with Gasteiger partial charge in [-0.2, -0.15) is 8.62 Å². The molecule has 0 amide bonds. The van der Waals surface area contributed by atoms with Crippen LogP contribution < -0.4 is 5.56 Å². The number of aryl methyl sites for hydroxylation is 1. The van der Waals surface area contributed by atoms with Gasteiger partial charge in [-0.1, -0.05) is 0 Å². The smallest absolute Gasteiger partial charge is 0.347 e. The van der Waals surface area contributed by atoms with Gasteiger partial charge in [0, 0.05) is 0 Å². The molecule has 2 saturated heterocycles. The molecule has 2 aliphatic heterocycles. The summed E-state index contributed by atoms with van der Waals surface area (Å²) in [5.41, 5.74) is -0.251. The van der Waals surface area contributed by atoms with Gasteiger partial charge in [-0.05, 0) is 6.92 Å². The van der Waals surface area contributed by atoms with Crippen LogP contribution in [0, 0.1) is 6.92 Å². The van der Waals surface area contributed by atoms with E-state index in [9.17, 15) is 28.3 Å². The largest absolute Gasteiger partial charge is 0.490 e. The average Bonchev–Trinajstić information content (AvgIpc) is 3.31. The number of rotatable bonds is 8. The number of phosphoric ester groups is 1. The normalized spacial score (nSPS) is 29.1. The highest BCUT2D eigenvalue weighted by Crippen LogP contribution is 2.66. The first-order valence-electron chi connectivity index (χ1n) is 8.85. The van der Waals surface area contributed by atoms with Crippen LogP contribution in [-0.4, -0.2) is 70.8 Å². The van der Waals surface area contributed by atoms with Crippen LogP contribution >= 0.6 is 23.5 Å². The molecule has 21 heteroatoms. The Hall–Kier alpha value is -1.36. The van der Waals surface area contributed by atoms with Gasteiger partial charge < -0.3 is 38.8 Å². The zero-order chi connectivity index (χ0) is 24.2. The van der Waals surface area contributed by atoms with E-state index in [0.717, 1.165) is 0 Å². The summed E-state index contributed by atoms with van der Waals surface area (Å²) >= 11 is 0. The predicted octanol–water partition coefficient (Wildman–Crippen LogP) is -0.590. The predicted molar refractivity (Wildman–Crippen MR) is 101 cm³/mol. The molecule has 2 fully saturated rings. The standard InChI is InChI=1S/C12H17N4O14P3/c1-5-14-10-7(11(17)15-5)13-3-16(10)12-9-8(25-4-26-9)6(28-12)2-27-32(21,22)30-33(23,24)29-31(18,19)20/h3,6,8-9,12H,2,4H2,1H3,(H,21,22)(H,23,24)(H,14,15,17)(H2,18,19,20)/t6-,8?,9+,12-/m1/s1. The van der Waals surface area contributed by atoms with E-state index >= 15 is 0 Å². The Morgan fingerprint density at radius 1 is 1.15 bits per heavy atom. The summed E-state index contributed by atoms with van der Waals surface area (Å²) in [5.74, 6) is 0.316. The molecular formula is C12H17N4O14P3. The number of hydrogen-bond acceptors (Lipinski definition) is 12. The molecule has 2 aromatic rings. The van der Waals surface area contributed by atoms with Crippen molar-refractivity contribution in [2.75, 3.05) is 13.4 Å². The summed E-state index contributed by atoms with van der Waals surface area (Å²) in [4.78, 5) is 58.8. The van der Waals surface area contributed by atoms with Gasteiger partial charge in [0.2, 0.25) is 0 Å². The number of imidazole rings is 1. The number of aromatic nitrogens is 4. The number of nitrogens with one attached hydrogen (secondary N) is 1. The van der Waals surface area contributed by atoms with Crippen LogP contribution in [-0.2, 0) is 41.1 Å². The third-order valence-electron chi connectivity index (χ3n) is 4.45. The number of ether oxygens (including phenoxy) is 3.